The Morgan fingerprint density at radius 3 is 2.79 bits per heavy atom. The second-order valence-electron chi connectivity index (χ2n) is 5.22. The van der Waals surface area contributed by atoms with Gasteiger partial charge < -0.3 is 14.8 Å². The zero-order valence-corrected chi connectivity index (χ0v) is 13.8. The number of rotatable bonds is 6. The normalized spacial score (nSPS) is 18.4. The van der Waals surface area contributed by atoms with Gasteiger partial charge in [-0.25, -0.2) is 13.6 Å². The number of methoxy groups -OCH3 is 1. The Morgan fingerprint density at radius 1 is 1.42 bits per heavy atom. The number of esters is 1. The van der Waals surface area contributed by atoms with Gasteiger partial charge in [-0.2, -0.15) is 0 Å². The highest BCUT2D eigenvalue weighted by atomic mass is 35.5. The number of hydrogen-bond acceptors (Lipinski definition) is 5. The van der Waals surface area contributed by atoms with Crippen molar-refractivity contribution < 1.29 is 27.8 Å². The van der Waals surface area contributed by atoms with Crippen molar-refractivity contribution in [1.82, 2.24) is 10.6 Å². The monoisotopic (exact) mass is 364 g/mol. The van der Waals surface area contributed by atoms with Crippen LogP contribution >= 0.6 is 12.4 Å². The summed E-state index contributed by atoms with van der Waals surface area (Å²) >= 11 is 0. The molecule has 9 heteroatoms. The van der Waals surface area contributed by atoms with Gasteiger partial charge in [0.1, 0.15) is 5.75 Å². The number of carbonyl (C=O) groups excluding carboxylic acids is 2. The summed E-state index contributed by atoms with van der Waals surface area (Å²) in [7, 11) is 1.26. The molecule has 2 N–H and O–H groups in total. The number of halogens is 3. The van der Waals surface area contributed by atoms with Crippen molar-refractivity contribution in [3.05, 3.63) is 29.8 Å². The lowest BCUT2D eigenvalue weighted by Crippen LogP contribution is -2.40. The van der Waals surface area contributed by atoms with Gasteiger partial charge in [0.05, 0.1) is 19.7 Å². The van der Waals surface area contributed by atoms with Gasteiger partial charge in [0.2, 0.25) is 5.91 Å². The van der Waals surface area contributed by atoms with Crippen LogP contribution < -0.4 is 15.4 Å². The van der Waals surface area contributed by atoms with Crippen LogP contribution in [0.25, 0.3) is 0 Å². The highest BCUT2D eigenvalue weighted by Crippen LogP contribution is 2.25. The number of amides is 1. The summed E-state index contributed by atoms with van der Waals surface area (Å²) in [6.07, 6.45) is -0.499. The lowest BCUT2D eigenvalue weighted by atomic mass is 10.1. The van der Waals surface area contributed by atoms with E-state index in [2.05, 4.69) is 15.4 Å². The molecule has 0 spiro atoms. The standard InChI is InChI=1S/C15H18F2N2O4.ClH/c1-22-13(20)8-23-11-4-2-3-10(5-11)7-18-14(21)12-6-15(16,17)9-19-12;/h2-5,12,19H,6-9H2,1H3,(H,18,21);1H. The van der Waals surface area contributed by atoms with Gasteiger partial charge in [0.25, 0.3) is 5.92 Å². The maximum absolute atomic E-state index is 13.1. The van der Waals surface area contributed by atoms with Crippen LogP contribution in [0.5, 0.6) is 5.75 Å². The molecule has 24 heavy (non-hydrogen) atoms. The number of alkyl halides is 2. The van der Waals surface area contributed by atoms with Gasteiger partial charge in [-0.15, -0.1) is 12.4 Å². The maximum Gasteiger partial charge on any atom is 0.343 e. The van der Waals surface area contributed by atoms with Crippen LogP contribution in [-0.4, -0.2) is 44.1 Å². The molecule has 0 aliphatic carbocycles. The summed E-state index contributed by atoms with van der Waals surface area (Å²) < 4.78 is 35.8. The Labute approximate surface area is 144 Å². The first-order valence-corrected chi connectivity index (χ1v) is 7.07. The molecule has 1 heterocycles. The molecular weight excluding hydrogens is 346 g/mol. The molecule has 2 rings (SSSR count). The zero-order chi connectivity index (χ0) is 16.9. The Bertz CT molecular complexity index is 586. The van der Waals surface area contributed by atoms with Gasteiger partial charge in [-0.05, 0) is 17.7 Å². The number of ether oxygens (including phenoxy) is 2. The van der Waals surface area contributed by atoms with Gasteiger partial charge >= 0.3 is 5.97 Å². The Hall–Kier alpha value is -1.93. The SMILES string of the molecule is COC(=O)COc1cccc(CNC(=O)C2CC(F)(F)CN2)c1.Cl. The number of carbonyl (C=O) groups is 2. The van der Waals surface area contributed by atoms with E-state index in [1.165, 1.54) is 7.11 Å². The fourth-order valence-corrected chi connectivity index (χ4v) is 2.16. The number of hydrogen-bond donors (Lipinski definition) is 2. The highest BCUT2D eigenvalue weighted by molar-refractivity contribution is 5.85. The van der Waals surface area contributed by atoms with E-state index in [1.54, 1.807) is 24.3 Å². The minimum atomic E-state index is -2.84. The third-order valence-electron chi connectivity index (χ3n) is 3.38. The molecule has 1 aliphatic rings. The van der Waals surface area contributed by atoms with E-state index in [0.717, 1.165) is 5.56 Å². The largest absolute Gasteiger partial charge is 0.482 e. The summed E-state index contributed by atoms with van der Waals surface area (Å²) in [4.78, 5) is 22.9. The number of benzene rings is 1. The van der Waals surface area contributed by atoms with E-state index >= 15 is 0 Å². The van der Waals surface area contributed by atoms with Crippen LogP contribution in [0.15, 0.2) is 24.3 Å². The van der Waals surface area contributed by atoms with Crippen LogP contribution in [0.3, 0.4) is 0 Å². The van der Waals surface area contributed by atoms with Crippen molar-refractivity contribution in [2.75, 3.05) is 20.3 Å². The van der Waals surface area contributed by atoms with Crippen LogP contribution in [0.1, 0.15) is 12.0 Å². The van der Waals surface area contributed by atoms with E-state index in [4.69, 9.17) is 4.74 Å². The summed E-state index contributed by atoms with van der Waals surface area (Å²) in [5.41, 5.74) is 0.727. The number of nitrogens with one attached hydrogen (secondary N) is 2. The van der Waals surface area contributed by atoms with Crippen molar-refractivity contribution in [2.24, 2.45) is 0 Å². The van der Waals surface area contributed by atoms with Gasteiger partial charge in [0, 0.05) is 13.0 Å². The third-order valence-corrected chi connectivity index (χ3v) is 3.38. The molecule has 0 bridgehead atoms. The third kappa shape index (κ3) is 5.93. The van der Waals surface area contributed by atoms with Crippen LogP contribution in [0.4, 0.5) is 8.78 Å². The first kappa shape index (κ1) is 20.1. The molecule has 0 radical (unpaired) electrons. The van der Waals surface area contributed by atoms with E-state index in [-0.39, 0.29) is 25.6 Å². The van der Waals surface area contributed by atoms with Crippen molar-refractivity contribution in [3.8, 4) is 5.75 Å². The van der Waals surface area contributed by atoms with E-state index in [1.807, 2.05) is 0 Å². The molecule has 1 unspecified atom stereocenters. The van der Waals surface area contributed by atoms with E-state index in [9.17, 15) is 18.4 Å². The van der Waals surface area contributed by atoms with E-state index in [0.29, 0.717) is 5.75 Å². The minimum absolute atomic E-state index is 0. The van der Waals surface area contributed by atoms with Gasteiger partial charge in [-0.1, -0.05) is 12.1 Å². The molecule has 1 atom stereocenters. The van der Waals surface area contributed by atoms with Gasteiger partial charge in [0.15, 0.2) is 6.61 Å². The van der Waals surface area contributed by atoms with Crippen LogP contribution in [0.2, 0.25) is 0 Å². The highest BCUT2D eigenvalue weighted by Gasteiger charge is 2.42. The smallest absolute Gasteiger partial charge is 0.343 e. The Kier molecular flexibility index (Phi) is 7.37. The Balaban J connectivity index is 0.00000288. The maximum atomic E-state index is 13.1. The fourth-order valence-electron chi connectivity index (χ4n) is 2.16. The van der Waals surface area contributed by atoms with Crippen LogP contribution in [-0.2, 0) is 20.9 Å². The molecule has 1 amide bonds. The summed E-state index contributed by atoms with van der Waals surface area (Å²) in [5.74, 6) is -3.36. The molecule has 1 saturated heterocycles. The van der Waals surface area contributed by atoms with Crippen LogP contribution in [0, 0.1) is 0 Å². The quantitative estimate of drug-likeness (QED) is 0.743. The average Bonchev–Trinajstić information content (AvgIpc) is 2.90. The molecule has 1 aromatic rings. The molecule has 1 fully saturated rings. The first-order valence-electron chi connectivity index (χ1n) is 7.07. The topological polar surface area (TPSA) is 76.7 Å². The first-order chi connectivity index (χ1) is 10.9. The minimum Gasteiger partial charge on any atom is -0.482 e. The molecule has 1 aromatic carbocycles. The van der Waals surface area contributed by atoms with Crippen molar-refractivity contribution in [1.29, 1.82) is 0 Å². The molecule has 134 valence electrons. The molecule has 6 nitrogen and oxygen atoms in total. The fraction of sp³-hybridized carbons (Fsp3) is 0.467. The van der Waals surface area contributed by atoms with Crippen molar-refractivity contribution >= 4 is 24.3 Å². The summed E-state index contributed by atoms with van der Waals surface area (Å²) in [6, 6.07) is 5.88. The van der Waals surface area contributed by atoms with E-state index < -0.39 is 36.8 Å². The Morgan fingerprint density at radius 2 is 2.17 bits per heavy atom. The predicted octanol–water partition coefficient (Wildman–Crippen LogP) is 1.27. The predicted molar refractivity (Wildman–Crippen MR) is 84.4 cm³/mol. The molecular formula is C15H19ClF2N2O4. The second kappa shape index (κ2) is 8.79. The second-order valence-corrected chi connectivity index (χ2v) is 5.22. The summed E-state index contributed by atoms with van der Waals surface area (Å²) in [5, 5.41) is 5.10. The lowest BCUT2D eigenvalue weighted by molar-refractivity contribution is -0.142. The zero-order valence-electron chi connectivity index (χ0n) is 13.0. The summed E-state index contributed by atoms with van der Waals surface area (Å²) in [6.45, 7) is -0.520. The van der Waals surface area contributed by atoms with Gasteiger partial charge in [-0.3, -0.25) is 10.1 Å². The van der Waals surface area contributed by atoms with Crippen molar-refractivity contribution in [2.45, 2.75) is 24.9 Å². The van der Waals surface area contributed by atoms with Crippen molar-refractivity contribution in [3.63, 3.8) is 0 Å². The molecule has 0 aromatic heterocycles. The average molecular weight is 365 g/mol. The lowest BCUT2D eigenvalue weighted by Gasteiger charge is -2.12. The molecule has 0 saturated carbocycles. The molecule has 1 aliphatic heterocycles.